The van der Waals surface area contributed by atoms with Crippen LogP contribution in [0.15, 0.2) is 29.4 Å². The third kappa shape index (κ3) is 5.94. The van der Waals surface area contributed by atoms with Crippen molar-refractivity contribution >= 4 is 11.8 Å². The van der Waals surface area contributed by atoms with Gasteiger partial charge in [-0.15, -0.1) is 0 Å². The zero-order chi connectivity index (χ0) is 18.3. The average Bonchev–Trinajstić information content (AvgIpc) is 2.58. The van der Waals surface area contributed by atoms with E-state index in [1.165, 1.54) is 0 Å². The summed E-state index contributed by atoms with van der Waals surface area (Å²) in [6.07, 6.45) is -0.252. The van der Waals surface area contributed by atoms with Gasteiger partial charge in [-0.05, 0) is 50.6 Å². The normalized spacial score (nSPS) is 14.2. The van der Waals surface area contributed by atoms with Gasteiger partial charge in [-0.1, -0.05) is 17.0 Å². The third-order valence-corrected chi connectivity index (χ3v) is 3.61. The summed E-state index contributed by atoms with van der Waals surface area (Å²) in [6, 6.07) is 7.92. The average molecular weight is 341 g/mol. The second-order valence-electron chi connectivity index (χ2n) is 6.69. The summed E-state index contributed by atoms with van der Waals surface area (Å²) in [6.45, 7) is 8.60. The molecule has 1 fully saturated rings. The maximum atomic E-state index is 12.1. The van der Waals surface area contributed by atoms with E-state index in [0.29, 0.717) is 13.1 Å². The first-order valence-corrected chi connectivity index (χ1v) is 8.22. The molecule has 1 amide bonds. The number of hydrogen-bond acceptors (Lipinski definition) is 4. The van der Waals surface area contributed by atoms with E-state index < -0.39 is 5.60 Å². The van der Waals surface area contributed by atoms with Crippen molar-refractivity contribution in [3.05, 3.63) is 40.3 Å². The van der Waals surface area contributed by atoms with Crippen LogP contribution in [0.1, 0.15) is 26.3 Å². The molecule has 1 saturated heterocycles. The minimum Gasteiger partial charge on any atom is -0.444 e. The number of ether oxygens (including phenoxy) is 1. The Morgan fingerprint density at radius 2 is 1.88 bits per heavy atom. The fraction of sp³-hybridized carbons (Fsp3) is 0.500. The first-order valence-electron chi connectivity index (χ1n) is 8.22. The highest BCUT2D eigenvalue weighted by Gasteiger charge is 2.25. The van der Waals surface area contributed by atoms with Crippen LogP contribution in [0.25, 0.3) is 10.4 Å². The summed E-state index contributed by atoms with van der Waals surface area (Å²) < 4.78 is 5.41. The molecule has 0 aliphatic carbocycles. The molecule has 0 radical (unpaired) electrons. The SMILES string of the molecule is CC(C)(C)OC(=O)N1CCN(c2ccc(C#CCN=[N+]=[N-])cc2)CC1. The molecule has 1 heterocycles. The quantitative estimate of drug-likeness (QED) is 0.358. The number of nitrogens with zero attached hydrogens (tertiary/aromatic N) is 5. The minimum absolute atomic E-state index is 0.172. The highest BCUT2D eigenvalue weighted by Crippen LogP contribution is 2.18. The lowest BCUT2D eigenvalue weighted by Gasteiger charge is -2.36. The summed E-state index contributed by atoms with van der Waals surface area (Å²) in [5, 5.41) is 3.38. The lowest BCUT2D eigenvalue weighted by molar-refractivity contribution is 0.0240. The molecule has 132 valence electrons. The molecule has 1 aromatic rings. The van der Waals surface area contributed by atoms with Crippen molar-refractivity contribution in [3.8, 4) is 11.8 Å². The molecule has 0 aromatic heterocycles. The Hall–Kier alpha value is -2.84. The van der Waals surface area contributed by atoms with Gasteiger partial charge in [-0.2, -0.15) is 0 Å². The van der Waals surface area contributed by atoms with Crippen LogP contribution in [0.5, 0.6) is 0 Å². The van der Waals surface area contributed by atoms with Gasteiger partial charge in [-0.25, -0.2) is 4.79 Å². The number of hydrogen-bond donors (Lipinski definition) is 0. The van der Waals surface area contributed by atoms with Crippen molar-refractivity contribution in [3.63, 3.8) is 0 Å². The van der Waals surface area contributed by atoms with E-state index in [0.717, 1.165) is 24.3 Å². The molecule has 1 aliphatic rings. The second-order valence-corrected chi connectivity index (χ2v) is 6.69. The molecule has 0 atom stereocenters. The maximum Gasteiger partial charge on any atom is 0.410 e. The monoisotopic (exact) mass is 341 g/mol. The number of carbonyl (C=O) groups is 1. The van der Waals surface area contributed by atoms with E-state index in [1.54, 1.807) is 4.90 Å². The van der Waals surface area contributed by atoms with Gasteiger partial charge in [0, 0.05) is 42.3 Å². The van der Waals surface area contributed by atoms with Crippen molar-refractivity contribution in [2.24, 2.45) is 5.11 Å². The van der Waals surface area contributed by atoms with Crippen LogP contribution in [0.2, 0.25) is 0 Å². The van der Waals surface area contributed by atoms with Gasteiger partial charge in [0.2, 0.25) is 0 Å². The molecule has 0 bridgehead atoms. The molecular formula is C18H23N5O2. The second kappa shape index (κ2) is 8.32. The van der Waals surface area contributed by atoms with Crippen LogP contribution in [0, 0.1) is 11.8 Å². The number of azide groups is 1. The number of amides is 1. The highest BCUT2D eigenvalue weighted by atomic mass is 16.6. The van der Waals surface area contributed by atoms with Gasteiger partial charge in [0.15, 0.2) is 0 Å². The van der Waals surface area contributed by atoms with Crippen LogP contribution in [0.4, 0.5) is 10.5 Å². The predicted molar refractivity (Wildman–Crippen MR) is 97.4 cm³/mol. The van der Waals surface area contributed by atoms with Crippen LogP contribution in [-0.2, 0) is 4.74 Å². The van der Waals surface area contributed by atoms with Crippen molar-refractivity contribution in [1.29, 1.82) is 0 Å². The lowest BCUT2D eigenvalue weighted by atomic mass is 10.2. The Labute approximate surface area is 148 Å². The number of anilines is 1. The standard InChI is InChI=1S/C18H23N5O2/c1-18(2,3)25-17(24)23-13-11-22(12-14-23)16-8-6-15(7-9-16)5-4-10-20-21-19/h6-9H,10-14H2,1-3H3. The summed E-state index contributed by atoms with van der Waals surface area (Å²) in [4.78, 5) is 18.7. The minimum atomic E-state index is -0.469. The fourth-order valence-corrected chi connectivity index (χ4v) is 2.44. The molecule has 1 aromatic carbocycles. The van der Waals surface area contributed by atoms with Crippen molar-refractivity contribution < 1.29 is 9.53 Å². The molecule has 7 nitrogen and oxygen atoms in total. The van der Waals surface area contributed by atoms with Gasteiger partial charge in [-0.3, -0.25) is 0 Å². The van der Waals surface area contributed by atoms with Crippen molar-refractivity contribution in [2.45, 2.75) is 26.4 Å². The van der Waals surface area contributed by atoms with Crippen molar-refractivity contribution in [2.75, 3.05) is 37.6 Å². The third-order valence-electron chi connectivity index (χ3n) is 3.61. The molecule has 25 heavy (non-hydrogen) atoms. The Morgan fingerprint density at radius 3 is 2.44 bits per heavy atom. The Kier molecular flexibility index (Phi) is 6.15. The maximum absolute atomic E-state index is 12.1. The molecule has 2 rings (SSSR count). The van der Waals surface area contributed by atoms with Gasteiger partial charge in [0.1, 0.15) is 5.60 Å². The first-order chi connectivity index (χ1) is 11.9. The summed E-state index contributed by atoms with van der Waals surface area (Å²) in [7, 11) is 0. The fourth-order valence-electron chi connectivity index (χ4n) is 2.44. The Bertz CT molecular complexity index is 698. The van der Waals surface area contributed by atoms with Crippen LogP contribution < -0.4 is 4.90 Å². The number of benzene rings is 1. The van der Waals surface area contributed by atoms with E-state index in [-0.39, 0.29) is 12.6 Å². The van der Waals surface area contributed by atoms with E-state index in [9.17, 15) is 4.79 Å². The zero-order valence-corrected chi connectivity index (χ0v) is 14.9. The van der Waals surface area contributed by atoms with Crippen LogP contribution in [0.3, 0.4) is 0 Å². The molecule has 1 aliphatic heterocycles. The largest absolute Gasteiger partial charge is 0.444 e. The first kappa shape index (κ1) is 18.5. The van der Waals surface area contributed by atoms with E-state index in [4.69, 9.17) is 10.3 Å². The molecule has 0 N–H and O–H groups in total. The van der Waals surface area contributed by atoms with Gasteiger partial charge in [0.25, 0.3) is 0 Å². The van der Waals surface area contributed by atoms with Crippen LogP contribution in [-0.4, -0.2) is 49.3 Å². The number of piperazine rings is 1. The number of carbonyl (C=O) groups excluding carboxylic acids is 1. The predicted octanol–water partition coefficient (Wildman–Crippen LogP) is 3.41. The topological polar surface area (TPSA) is 81.5 Å². The lowest BCUT2D eigenvalue weighted by Crippen LogP contribution is -2.50. The zero-order valence-electron chi connectivity index (χ0n) is 14.9. The molecule has 7 heteroatoms. The van der Waals surface area contributed by atoms with Crippen LogP contribution >= 0.6 is 0 Å². The van der Waals surface area contributed by atoms with Gasteiger partial charge >= 0.3 is 6.09 Å². The van der Waals surface area contributed by atoms with Gasteiger partial charge in [0.05, 0.1) is 6.54 Å². The molecule has 0 unspecified atom stereocenters. The summed E-state index contributed by atoms with van der Waals surface area (Å²) >= 11 is 0. The summed E-state index contributed by atoms with van der Waals surface area (Å²) in [5.41, 5.74) is 9.72. The summed E-state index contributed by atoms with van der Waals surface area (Å²) in [5.74, 6) is 5.75. The molecular weight excluding hydrogens is 318 g/mol. The van der Waals surface area contributed by atoms with E-state index in [1.807, 2.05) is 45.0 Å². The Morgan fingerprint density at radius 1 is 1.24 bits per heavy atom. The van der Waals surface area contributed by atoms with Crippen molar-refractivity contribution in [1.82, 2.24) is 4.90 Å². The van der Waals surface area contributed by atoms with E-state index >= 15 is 0 Å². The smallest absolute Gasteiger partial charge is 0.410 e. The highest BCUT2D eigenvalue weighted by molar-refractivity contribution is 5.68. The van der Waals surface area contributed by atoms with Gasteiger partial charge < -0.3 is 14.5 Å². The molecule has 0 spiro atoms. The number of rotatable bonds is 2. The Balaban J connectivity index is 1.89. The molecule has 0 saturated carbocycles. The van der Waals surface area contributed by atoms with E-state index in [2.05, 4.69) is 26.8 Å².